The van der Waals surface area contributed by atoms with E-state index in [1.165, 1.54) is 17.7 Å². The quantitative estimate of drug-likeness (QED) is 0.623. The molecule has 0 aliphatic carbocycles. The molecule has 0 N–H and O–H groups in total. The van der Waals surface area contributed by atoms with E-state index in [-0.39, 0.29) is 11.0 Å². The number of thiophene rings is 1. The first-order valence-electron chi connectivity index (χ1n) is 8.16. The van der Waals surface area contributed by atoms with Crippen molar-refractivity contribution in [2.24, 2.45) is 0 Å². The number of unbranched alkanes of at least 4 members (excludes halogenated alkanes) is 1. The van der Waals surface area contributed by atoms with E-state index in [1.807, 2.05) is 12.3 Å². The number of pyridine rings is 1. The van der Waals surface area contributed by atoms with E-state index in [9.17, 15) is 0 Å². The van der Waals surface area contributed by atoms with Crippen molar-refractivity contribution in [1.29, 1.82) is 0 Å². The molecule has 2 aromatic heterocycles. The SMILES string of the molecule is CC(C)(C)Oc1ccnc2cc(C(C)(C)C)sc12.CCCC. The lowest BCUT2D eigenvalue weighted by atomic mass is 9.95. The fourth-order valence-corrected chi connectivity index (χ4v) is 2.82. The van der Waals surface area contributed by atoms with Gasteiger partial charge in [0.15, 0.2) is 0 Å². The molecule has 0 aliphatic rings. The second-order valence-corrected chi connectivity index (χ2v) is 8.65. The van der Waals surface area contributed by atoms with Crippen molar-refractivity contribution in [3.63, 3.8) is 0 Å². The molecule has 2 heterocycles. The predicted octanol–water partition coefficient (Wildman–Crippen LogP) is 6.58. The van der Waals surface area contributed by atoms with Gasteiger partial charge in [-0.25, -0.2) is 0 Å². The van der Waals surface area contributed by atoms with E-state index >= 15 is 0 Å². The van der Waals surface area contributed by atoms with Gasteiger partial charge in [0.25, 0.3) is 0 Å². The molecule has 0 aromatic carbocycles. The van der Waals surface area contributed by atoms with Crippen molar-refractivity contribution in [3.05, 3.63) is 23.2 Å². The van der Waals surface area contributed by atoms with Crippen LogP contribution in [0.4, 0.5) is 0 Å². The van der Waals surface area contributed by atoms with Crippen molar-refractivity contribution >= 4 is 21.6 Å². The Labute approximate surface area is 139 Å². The summed E-state index contributed by atoms with van der Waals surface area (Å²) in [4.78, 5) is 5.78. The fourth-order valence-electron chi connectivity index (χ4n) is 1.69. The third kappa shape index (κ3) is 5.60. The molecule has 0 saturated carbocycles. The van der Waals surface area contributed by atoms with Crippen LogP contribution in [0.25, 0.3) is 10.2 Å². The van der Waals surface area contributed by atoms with E-state index in [1.54, 1.807) is 11.3 Å². The third-order valence-electron chi connectivity index (χ3n) is 3.03. The molecule has 0 saturated heterocycles. The Morgan fingerprint density at radius 3 is 2.09 bits per heavy atom. The molecule has 124 valence electrons. The largest absolute Gasteiger partial charge is 0.487 e. The Bertz CT molecular complexity index is 585. The van der Waals surface area contributed by atoms with Gasteiger partial charge < -0.3 is 4.74 Å². The van der Waals surface area contributed by atoms with Crippen LogP contribution in [0, 0.1) is 0 Å². The highest BCUT2D eigenvalue weighted by Gasteiger charge is 2.20. The molecule has 0 fully saturated rings. The van der Waals surface area contributed by atoms with Gasteiger partial charge in [0.1, 0.15) is 11.4 Å². The van der Waals surface area contributed by atoms with Crippen LogP contribution >= 0.6 is 11.3 Å². The van der Waals surface area contributed by atoms with Gasteiger partial charge in [-0.1, -0.05) is 47.5 Å². The summed E-state index contributed by atoms with van der Waals surface area (Å²) in [6, 6.07) is 4.13. The van der Waals surface area contributed by atoms with Crippen LogP contribution in [-0.4, -0.2) is 10.6 Å². The fraction of sp³-hybridized carbons (Fsp3) is 0.632. The van der Waals surface area contributed by atoms with Crippen molar-refractivity contribution in [2.45, 2.75) is 79.2 Å². The second-order valence-electron chi connectivity index (χ2n) is 7.60. The molecular weight excluding hydrogens is 290 g/mol. The van der Waals surface area contributed by atoms with Gasteiger partial charge >= 0.3 is 0 Å². The normalized spacial score (nSPS) is 12.0. The highest BCUT2D eigenvalue weighted by molar-refractivity contribution is 7.19. The third-order valence-corrected chi connectivity index (χ3v) is 4.60. The monoisotopic (exact) mass is 321 g/mol. The maximum atomic E-state index is 6.01. The Hall–Kier alpha value is -1.09. The molecule has 2 aromatic rings. The van der Waals surface area contributed by atoms with Crippen LogP contribution in [0.1, 0.15) is 73.1 Å². The Kier molecular flexibility index (Phi) is 6.42. The maximum absolute atomic E-state index is 6.01. The number of ether oxygens (including phenoxy) is 1. The number of nitrogens with zero attached hydrogens (tertiary/aromatic N) is 1. The van der Waals surface area contributed by atoms with Gasteiger partial charge in [-0.15, -0.1) is 11.3 Å². The summed E-state index contributed by atoms with van der Waals surface area (Å²) in [5.74, 6) is 0.938. The van der Waals surface area contributed by atoms with Crippen LogP contribution in [0.2, 0.25) is 0 Å². The van der Waals surface area contributed by atoms with Crippen molar-refractivity contribution in [3.8, 4) is 5.75 Å². The van der Waals surface area contributed by atoms with Gasteiger partial charge in [-0.05, 0) is 32.3 Å². The summed E-state index contributed by atoms with van der Waals surface area (Å²) in [5, 5.41) is 0. The lowest BCUT2D eigenvalue weighted by Crippen LogP contribution is -2.22. The molecule has 22 heavy (non-hydrogen) atoms. The van der Waals surface area contributed by atoms with E-state index in [2.05, 4.69) is 66.4 Å². The topological polar surface area (TPSA) is 22.1 Å². The minimum absolute atomic E-state index is 0.157. The van der Waals surface area contributed by atoms with E-state index in [4.69, 9.17) is 4.74 Å². The number of hydrogen-bond acceptors (Lipinski definition) is 3. The minimum atomic E-state index is -0.180. The molecule has 0 spiro atoms. The zero-order valence-electron chi connectivity index (χ0n) is 15.4. The number of fused-ring (bicyclic) bond motifs is 1. The Morgan fingerprint density at radius 2 is 1.64 bits per heavy atom. The predicted molar refractivity (Wildman–Crippen MR) is 99.3 cm³/mol. The molecular formula is C19H31NOS. The molecule has 2 rings (SSSR count). The highest BCUT2D eigenvalue weighted by atomic mass is 32.1. The van der Waals surface area contributed by atoms with Gasteiger partial charge in [-0.2, -0.15) is 0 Å². The highest BCUT2D eigenvalue weighted by Crippen LogP contribution is 2.38. The van der Waals surface area contributed by atoms with Crippen LogP contribution in [0.15, 0.2) is 18.3 Å². The van der Waals surface area contributed by atoms with Crippen LogP contribution in [-0.2, 0) is 5.41 Å². The summed E-state index contributed by atoms with van der Waals surface area (Å²) < 4.78 is 7.16. The van der Waals surface area contributed by atoms with Gasteiger partial charge in [0, 0.05) is 17.1 Å². The molecule has 0 aliphatic heterocycles. The van der Waals surface area contributed by atoms with Crippen molar-refractivity contribution in [1.82, 2.24) is 4.98 Å². The van der Waals surface area contributed by atoms with Gasteiger partial charge in [-0.3, -0.25) is 4.98 Å². The summed E-state index contributed by atoms with van der Waals surface area (Å²) in [7, 11) is 0. The van der Waals surface area contributed by atoms with E-state index in [0.717, 1.165) is 16.0 Å². The zero-order valence-corrected chi connectivity index (χ0v) is 16.2. The van der Waals surface area contributed by atoms with Crippen LogP contribution in [0.3, 0.4) is 0 Å². The number of rotatable bonds is 2. The first-order valence-corrected chi connectivity index (χ1v) is 8.98. The summed E-state index contributed by atoms with van der Waals surface area (Å²) in [6.07, 6.45) is 4.46. The molecule has 0 radical (unpaired) electrons. The average Bonchev–Trinajstić information content (AvgIpc) is 2.82. The Balaban J connectivity index is 0.000000541. The molecule has 2 nitrogen and oxygen atoms in total. The van der Waals surface area contributed by atoms with Crippen LogP contribution in [0.5, 0.6) is 5.75 Å². The molecule has 0 amide bonds. The van der Waals surface area contributed by atoms with Gasteiger partial charge in [0.05, 0.1) is 10.2 Å². The summed E-state index contributed by atoms with van der Waals surface area (Å²) >= 11 is 1.78. The first kappa shape index (κ1) is 19.0. The standard InChI is InChI=1S/C15H21NOS.C4H10/c1-14(2,3)12-9-10-13(18-12)11(7-8-16-10)17-15(4,5)6;1-3-4-2/h7-9H,1-6H3;3-4H2,1-2H3. The van der Waals surface area contributed by atoms with Crippen LogP contribution < -0.4 is 4.74 Å². The summed E-state index contributed by atoms with van der Waals surface area (Å²) in [5.41, 5.74) is 1.01. The van der Waals surface area contributed by atoms with E-state index in [0.29, 0.717) is 0 Å². The van der Waals surface area contributed by atoms with Crippen molar-refractivity contribution in [2.75, 3.05) is 0 Å². The van der Waals surface area contributed by atoms with E-state index < -0.39 is 0 Å². The number of hydrogen-bond donors (Lipinski definition) is 0. The van der Waals surface area contributed by atoms with Crippen molar-refractivity contribution < 1.29 is 4.74 Å². The second kappa shape index (κ2) is 7.45. The first-order chi connectivity index (χ1) is 10.1. The molecule has 0 atom stereocenters. The molecule has 0 unspecified atom stereocenters. The van der Waals surface area contributed by atoms with Gasteiger partial charge in [0.2, 0.25) is 0 Å². The molecule has 3 heteroatoms. The smallest absolute Gasteiger partial charge is 0.141 e. The lowest BCUT2D eigenvalue weighted by molar-refractivity contribution is 0.133. The maximum Gasteiger partial charge on any atom is 0.141 e. The average molecular weight is 322 g/mol. The number of aromatic nitrogens is 1. The molecule has 0 bridgehead atoms. The summed E-state index contributed by atoms with van der Waals surface area (Å²) in [6.45, 7) is 17.2. The Morgan fingerprint density at radius 1 is 1.05 bits per heavy atom. The zero-order chi connectivity index (χ0) is 17.0. The minimum Gasteiger partial charge on any atom is -0.487 e. The lowest BCUT2D eigenvalue weighted by Gasteiger charge is -2.21.